The third-order valence-corrected chi connectivity index (χ3v) is 4.55. The number of hydrogen-bond donors (Lipinski definition) is 1. The minimum absolute atomic E-state index is 0. The van der Waals surface area contributed by atoms with Gasteiger partial charge in [-0.2, -0.15) is 0 Å². The predicted octanol–water partition coefficient (Wildman–Crippen LogP) is 5.92. The predicted molar refractivity (Wildman–Crippen MR) is 111 cm³/mol. The van der Waals surface area contributed by atoms with Gasteiger partial charge in [-0.25, -0.2) is 0 Å². The quantitative estimate of drug-likeness (QED) is 0.487. The van der Waals surface area contributed by atoms with Crippen LogP contribution in [0.1, 0.15) is 18.1 Å². The molecule has 0 aliphatic heterocycles. The van der Waals surface area contributed by atoms with E-state index in [9.17, 15) is 0 Å². The summed E-state index contributed by atoms with van der Waals surface area (Å²) >= 11 is 15.6. The number of methoxy groups -OCH3 is 1. The van der Waals surface area contributed by atoms with Gasteiger partial charge in [-0.15, -0.1) is 12.4 Å². The van der Waals surface area contributed by atoms with E-state index in [1.54, 1.807) is 13.2 Å². The summed E-state index contributed by atoms with van der Waals surface area (Å²) in [5, 5.41) is 4.77. The number of ether oxygens (including phenoxy) is 2. The van der Waals surface area contributed by atoms with E-state index in [1.807, 2.05) is 31.2 Å². The molecule has 0 atom stereocenters. The Morgan fingerprint density at radius 2 is 1.88 bits per heavy atom. The van der Waals surface area contributed by atoms with Gasteiger partial charge in [-0.3, -0.25) is 0 Å². The lowest BCUT2D eigenvalue weighted by atomic mass is 10.1. The summed E-state index contributed by atoms with van der Waals surface area (Å²) < 4.78 is 12.1. The van der Waals surface area contributed by atoms with Crippen LogP contribution in [0.25, 0.3) is 0 Å². The molecule has 0 aliphatic carbocycles. The third kappa shape index (κ3) is 6.54. The van der Waals surface area contributed by atoms with Crippen LogP contribution in [0.3, 0.4) is 0 Å². The van der Waals surface area contributed by atoms with Crippen molar-refractivity contribution in [2.45, 2.75) is 19.9 Å². The second-order valence-electron chi connectivity index (χ2n) is 5.19. The fourth-order valence-corrected chi connectivity index (χ4v) is 3.37. The van der Waals surface area contributed by atoms with Crippen molar-refractivity contribution in [3.63, 3.8) is 0 Å². The van der Waals surface area contributed by atoms with Crippen LogP contribution < -0.4 is 14.8 Å². The van der Waals surface area contributed by atoms with E-state index < -0.39 is 0 Å². The van der Waals surface area contributed by atoms with Gasteiger partial charge in [-0.05, 0) is 49.7 Å². The van der Waals surface area contributed by atoms with Gasteiger partial charge in [0, 0.05) is 26.6 Å². The Kier molecular flexibility index (Phi) is 9.98. The van der Waals surface area contributed by atoms with Crippen LogP contribution in [0.2, 0.25) is 10.0 Å². The number of rotatable bonds is 8. The highest BCUT2D eigenvalue weighted by molar-refractivity contribution is 9.10. The molecule has 0 aromatic heterocycles. The van der Waals surface area contributed by atoms with Crippen molar-refractivity contribution in [1.82, 2.24) is 5.32 Å². The first-order valence-corrected chi connectivity index (χ1v) is 9.24. The molecule has 7 heteroatoms. The van der Waals surface area contributed by atoms with Crippen LogP contribution in [0, 0.1) is 0 Å². The summed E-state index contributed by atoms with van der Waals surface area (Å²) in [6.07, 6.45) is 0.825. The van der Waals surface area contributed by atoms with Gasteiger partial charge < -0.3 is 14.8 Å². The molecule has 25 heavy (non-hydrogen) atoms. The molecule has 0 radical (unpaired) electrons. The first-order valence-electron chi connectivity index (χ1n) is 7.69. The topological polar surface area (TPSA) is 30.5 Å². The zero-order valence-electron chi connectivity index (χ0n) is 14.1. The van der Waals surface area contributed by atoms with E-state index in [0.717, 1.165) is 40.1 Å². The zero-order valence-corrected chi connectivity index (χ0v) is 18.0. The number of halogens is 4. The summed E-state index contributed by atoms with van der Waals surface area (Å²) in [6.45, 7) is 4.02. The molecule has 2 aromatic rings. The number of benzene rings is 2. The van der Waals surface area contributed by atoms with E-state index in [1.165, 1.54) is 0 Å². The standard InChI is InChI=1S/C18H20BrCl2NO2.ClH/c1-3-24-18-13(8-14(19)9-17(18)23-2)11-22-7-6-12-4-5-15(20)10-16(12)21;/h4-5,8-10,22H,3,6-7,11H2,1-2H3;1H. The van der Waals surface area contributed by atoms with Crippen LogP contribution in [0.5, 0.6) is 11.5 Å². The molecule has 0 aliphatic rings. The lowest BCUT2D eigenvalue weighted by Crippen LogP contribution is -2.17. The van der Waals surface area contributed by atoms with Crippen molar-refractivity contribution >= 4 is 51.5 Å². The van der Waals surface area contributed by atoms with E-state index in [2.05, 4.69) is 21.2 Å². The minimum atomic E-state index is 0. The zero-order chi connectivity index (χ0) is 17.5. The first kappa shape index (κ1) is 22.4. The molecule has 2 aromatic carbocycles. The molecule has 0 amide bonds. The first-order chi connectivity index (χ1) is 11.5. The van der Waals surface area contributed by atoms with E-state index in [4.69, 9.17) is 32.7 Å². The lowest BCUT2D eigenvalue weighted by molar-refractivity contribution is 0.306. The molecule has 138 valence electrons. The Labute approximate surface area is 173 Å². The second kappa shape index (κ2) is 11.1. The molecule has 0 unspecified atom stereocenters. The SMILES string of the molecule is CCOc1c(CNCCc2ccc(Cl)cc2Cl)cc(Br)cc1OC.Cl. The van der Waals surface area contributed by atoms with Crippen molar-refractivity contribution in [3.8, 4) is 11.5 Å². The Bertz CT molecular complexity index is 698. The highest BCUT2D eigenvalue weighted by Gasteiger charge is 2.12. The fourth-order valence-electron chi connectivity index (χ4n) is 2.38. The monoisotopic (exact) mass is 467 g/mol. The maximum absolute atomic E-state index is 6.20. The lowest BCUT2D eigenvalue weighted by Gasteiger charge is -2.15. The summed E-state index contributed by atoms with van der Waals surface area (Å²) in [5.74, 6) is 1.50. The summed E-state index contributed by atoms with van der Waals surface area (Å²) in [6, 6.07) is 9.53. The molecular formula is C18H21BrCl3NO2. The van der Waals surface area contributed by atoms with Crippen LogP contribution in [-0.2, 0) is 13.0 Å². The molecule has 1 N–H and O–H groups in total. The highest BCUT2D eigenvalue weighted by atomic mass is 79.9. The van der Waals surface area contributed by atoms with E-state index >= 15 is 0 Å². The molecule has 0 bridgehead atoms. The van der Waals surface area contributed by atoms with Crippen LogP contribution in [0.15, 0.2) is 34.8 Å². The summed E-state index contributed by atoms with van der Waals surface area (Å²) in [4.78, 5) is 0. The maximum atomic E-state index is 6.20. The van der Waals surface area contributed by atoms with Gasteiger partial charge in [0.1, 0.15) is 0 Å². The average molecular weight is 470 g/mol. The Hall–Kier alpha value is -0.650. The molecule has 2 rings (SSSR count). The number of nitrogens with one attached hydrogen (secondary N) is 1. The Morgan fingerprint density at radius 3 is 2.52 bits per heavy atom. The molecule has 3 nitrogen and oxygen atoms in total. The molecule has 0 heterocycles. The van der Waals surface area contributed by atoms with Gasteiger partial charge in [0.05, 0.1) is 13.7 Å². The normalized spacial score (nSPS) is 10.3. The molecular weight excluding hydrogens is 448 g/mol. The second-order valence-corrected chi connectivity index (χ2v) is 6.95. The van der Waals surface area contributed by atoms with Gasteiger partial charge in [-0.1, -0.05) is 45.2 Å². The van der Waals surface area contributed by atoms with Crippen LogP contribution >= 0.6 is 51.5 Å². The largest absolute Gasteiger partial charge is 0.493 e. The molecule has 0 fully saturated rings. The van der Waals surface area contributed by atoms with Gasteiger partial charge in [0.25, 0.3) is 0 Å². The summed E-state index contributed by atoms with van der Waals surface area (Å²) in [5.41, 5.74) is 2.12. The van der Waals surface area contributed by atoms with Crippen LogP contribution in [0.4, 0.5) is 0 Å². The van der Waals surface area contributed by atoms with Gasteiger partial charge in [0.2, 0.25) is 0 Å². The van der Waals surface area contributed by atoms with E-state index in [-0.39, 0.29) is 12.4 Å². The smallest absolute Gasteiger partial charge is 0.165 e. The van der Waals surface area contributed by atoms with Crippen molar-refractivity contribution in [2.75, 3.05) is 20.3 Å². The summed E-state index contributed by atoms with van der Waals surface area (Å²) in [7, 11) is 1.64. The number of hydrogen-bond acceptors (Lipinski definition) is 3. The van der Waals surface area contributed by atoms with E-state index in [0.29, 0.717) is 23.2 Å². The van der Waals surface area contributed by atoms with Gasteiger partial charge in [0.15, 0.2) is 11.5 Å². The molecule has 0 saturated heterocycles. The van der Waals surface area contributed by atoms with Gasteiger partial charge >= 0.3 is 0 Å². The fraction of sp³-hybridized carbons (Fsp3) is 0.333. The third-order valence-electron chi connectivity index (χ3n) is 3.51. The average Bonchev–Trinajstić information content (AvgIpc) is 2.55. The highest BCUT2D eigenvalue weighted by Crippen LogP contribution is 2.34. The van der Waals surface area contributed by atoms with Crippen molar-refractivity contribution in [1.29, 1.82) is 0 Å². The molecule has 0 saturated carbocycles. The minimum Gasteiger partial charge on any atom is -0.493 e. The van der Waals surface area contributed by atoms with Crippen molar-refractivity contribution < 1.29 is 9.47 Å². The van der Waals surface area contributed by atoms with Crippen LogP contribution in [-0.4, -0.2) is 20.3 Å². The maximum Gasteiger partial charge on any atom is 0.165 e. The Morgan fingerprint density at radius 1 is 1.12 bits per heavy atom. The molecule has 0 spiro atoms. The van der Waals surface area contributed by atoms with Crippen molar-refractivity contribution in [2.24, 2.45) is 0 Å². The Balaban J connectivity index is 0.00000312. The van der Waals surface area contributed by atoms with Crippen molar-refractivity contribution in [3.05, 3.63) is 56.0 Å².